The lowest BCUT2D eigenvalue weighted by atomic mass is 10.2. The van der Waals surface area contributed by atoms with Gasteiger partial charge in [0.05, 0.1) is 23.9 Å². The summed E-state index contributed by atoms with van der Waals surface area (Å²) in [5.74, 6) is 0.886. The van der Waals surface area contributed by atoms with E-state index in [-0.39, 0.29) is 29.0 Å². The first-order chi connectivity index (χ1) is 12.0. The summed E-state index contributed by atoms with van der Waals surface area (Å²) in [5.41, 5.74) is 5.65. The van der Waals surface area contributed by atoms with Crippen molar-refractivity contribution in [2.75, 3.05) is 25.5 Å². The van der Waals surface area contributed by atoms with Gasteiger partial charge in [0.1, 0.15) is 0 Å². The van der Waals surface area contributed by atoms with Gasteiger partial charge in [0.15, 0.2) is 21.3 Å². The number of nitrogens with two attached hydrogens (primary N) is 1. The fourth-order valence-electron chi connectivity index (χ4n) is 2.83. The Morgan fingerprint density at radius 3 is 2.64 bits per heavy atom. The Kier molecular flexibility index (Phi) is 5.48. The van der Waals surface area contributed by atoms with Gasteiger partial charge in [-0.1, -0.05) is 0 Å². The van der Waals surface area contributed by atoms with E-state index in [1.807, 2.05) is 0 Å². The molecule has 3 rings (SSSR count). The third-order valence-corrected chi connectivity index (χ3v) is 6.18. The minimum Gasteiger partial charge on any atom is -0.490 e. The van der Waals surface area contributed by atoms with Crippen molar-refractivity contribution >= 4 is 15.7 Å². The Morgan fingerprint density at radius 2 is 1.96 bits per heavy atom. The number of nitrogens with one attached hydrogen (secondary N) is 1. The predicted molar refractivity (Wildman–Crippen MR) is 92.4 cm³/mol. The van der Waals surface area contributed by atoms with E-state index in [4.69, 9.17) is 15.2 Å². The van der Waals surface area contributed by atoms with Crippen molar-refractivity contribution in [3.8, 4) is 11.5 Å². The van der Waals surface area contributed by atoms with E-state index in [9.17, 15) is 13.2 Å². The summed E-state index contributed by atoms with van der Waals surface area (Å²) in [5, 5.41) is 2.84. The van der Waals surface area contributed by atoms with Gasteiger partial charge in [-0.05, 0) is 30.9 Å². The largest absolute Gasteiger partial charge is 0.490 e. The zero-order valence-electron chi connectivity index (χ0n) is 14.1. The fourth-order valence-corrected chi connectivity index (χ4v) is 4.08. The number of fused-ring (bicyclic) bond motifs is 1. The number of amides is 1. The molecule has 0 bridgehead atoms. The van der Waals surface area contributed by atoms with Crippen molar-refractivity contribution in [3.63, 3.8) is 0 Å². The lowest BCUT2D eigenvalue weighted by Gasteiger charge is -2.16. The average molecular weight is 368 g/mol. The molecule has 1 aliphatic carbocycles. The van der Waals surface area contributed by atoms with Crippen LogP contribution in [0.2, 0.25) is 0 Å². The second-order valence-corrected chi connectivity index (χ2v) is 8.58. The standard InChI is InChI=1S/C17H24N2O5S/c18-11-14(12-2-3-12)19-17(20)6-9-25(21,22)13-4-5-15-16(10-13)24-8-1-7-23-15/h4-5,10,12,14H,1-3,6-9,11,18H2,(H,19,20). The number of ether oxygens (including phenoxy) is 2. The maximum Gasteiger partial charge on any atom is 0.221 e. The number of carbonyl (C=O) groups excluding carboxylic acids is 1. The second kappa shape index (κ2) is 7.61. The summed E-state index contributed by atoms with van der Waals surface area (Å²) in [6.45, 7) is 1.41. The third kappa shape index (κ3) is 4.64. The molecule has 1 unspecified atom stereocenters. The first-order valence-electron chi connectivity index (χ1n) is 8.61. The van der Waals surface area contributed by atoms with E-state index in [1.165, 1.54) is 12.1 Å². The van der Waals surface area contributed by atoms with E-state index in [1.54, 1.807) is 6.07 Å². The van der Waals surface area contributed by atoms with Gasteiger partial charge in [0, 0.05) is 31.5 Å². The Morgan fingerprint density at radius 1 is 1.24 bits per heavy atom. The highest BCUT2D eigenvalue weighted by molar-refractivity contribution is 7.91. The molecule has 1 fully saturated rings. The molecular formula is C17H24N2O5S. The minimum absolute atomic E-state index is 0.0479. The average Bonchev–Trinajstić information content (AvgIpc) is 3.44. The normalized spacial score (nSPS) is 18.3. The molecule has 1 aromatic carbocycles. The van der Waals surface area contributed by atoms with Crippen LogP contribution in [0.1, 0.15) is 25.7 Å². The van der Waals surface area contributed by atoms with Gasteiger partial charge in [0.2, 0.25) is 5.91 Å². The van der Waals surface area contributed by atoms with Crippen LogP contribution in [0.5, 0.6) is 11.5 Å². The maximum absolute atomic E-state index is 12.5. The van der Waals surface area contributed by atoms with Gasteiger partial charge in [-0.15, -0.1) is 0 Å². The molecule has 8 heteroatoms. The highest BCUT2D eigenvalue weighted by atomic mass is 32.2. The van der Waals surface area contributed by atoms with E-state index >= 15 is 0 Å². The summed E-state index contributed by atoms with van der Waals surface area (Å²) in [6.07, 6.45) is 2.80. The number of hydrogen-bond donors (Lipinski definition) is 2. The third-order valence-electron chi connectivity index (χ3n) is 4.47. The topological polar surface area (TPSA) is 108 Å². The van der Waals surface area contributed by atoms with Crippen molar-refractivity contribution < 1.29 is 22.7 Å². The number of sulfone groups is 1. The van der Waals surface area contributed by atoms with E-state index in [2.05, 4.69) is 5.32 Å². The molecule has 0 saturated heterocycles. The number of benzene rings is 1. The Balaban J connectivity index is 1.61. The summed E-state index contributed by atoms with van der Waals surface area (Å²) in [6, 6.07) is 4.52. The maximum atomic E-state index is 12.5. The summed E-state index contributed by atoms with van der Waals surface area (Å²) >= 11 is 0. The zero-order valence-corrected chi connectivity index (χ0v) is 14.9. The molecule has 1 aromatic rings. The molecule has 2 aliphatic rings. The van der Waals surface area contributed by atoms with Crippen LogP contribution in [0.15, 0.2) is 23.1 Å². The van der Waals surface area contributed by atoms with Crippen molar-refractivity contribution in [3.05, 3.63) is 18.2 Å². The van der Waals surface area contributed by atoms with Gasteiger partial charge in [-0.25, -0.2) is 8.42 Å². The Bertz CT molecular complexity index is 731. The molecule has 1 heterocycles. The van der Waals surface area contributed by atoms with Crippen LogP contribution >= 0.6 is 0 Å². The molecule has 0 aromatic heterocycles. The summed E-state index contributed by atoms with van der Waals surface area (Å²) < 4.78 is 36.0. The van der Waals surface area contributed by atoms with Crippen LogP contribution in [0, 0.1) is 5.92 Å². The highest BCUT2D eigenvalue weighted by Crippen LogP contribution is 2.33. The quantitative estimate of drug-likeness (QED) is 0.739. The molecule has 7 nitrogen and oxygen atoms in total. The van der Waals surface area contributed by atoms with E-state index < -0.39 is 9.84 Å². The van der Waals surface area contributed by atoms with Crippen LogP contribution in [0.4, 0.5) is 0 Å². The van der Waals surface area contributed by atoms with Crippen molar-refractivity contribution in [2.24, 2.45) is 11.7 Å². The molecule has 138 valence electrons. The molecular weight excluding hydrogens is 344 g/mol. The number of rotatable bonds is 7. The molecule has 1 amide bonds. The minimum atomic E-state index is -3.58. The first kappa shape index (κ1) is 18.0. The first-order valence-corrected chi connectivity index (χ1v) is 10.3. The SMILES string of the molecule is NCC(NC(=O)CCS(=O)(=O)c1ccc2c(c1)OCCCO2)C1CC1. The van der Waals surface area contributed by atoms with Crippen molar-refractivity contribution in [1.82, 2.24) is 5.32 Å². The highest BCUT2D eigenvalue weighted by Gasteiger charge is 2.31. The van der Waals surface area contributed by atoms with Gasteiger partial charge in [-0.2, -0.15) is 0 Å². The Hall–Kier alpha value is -1.80. The van der Waals surface area contributed by atoms with E-state index in [0.717, 1.165) is 19.3 Å². The molecule has 0 radical (unpaired) electrons. The molecule has 1 atom stereocenters. The smallest absolute Gasteiger partial charge is 0.221 e. The van der Waals surface area contributed by atoms with Gasteiger partial charge in [-0.3, -0.25) is 4.79 Å². The van der Waals surface area contributed by atoms with Crippen LogP contribution in [0.25, 0.3) is 0 Å². The van der Waals surface area contributed by atoms with Crippen LogP contribution in [0.3, 0.4) is 0 Å². The molecule has 25 heavy (non-hydrogen) atoms. The lowest BCUT2D eigenvalue weighted by molar-refractivity contribution is -0.121. The summed E-state index contributed by atoms with van der Waals surface area (Å²) in [7, 11) is -3.58. The van der Waals surface area contributed by atoms with Crippen LogP contribution in [-0.4, -0.2) is 45.9 Å². The Labute approximate surface area is 147 Å². The van der Waals surface area contributed by atoms with Crippen molar-refractivity contribution in [1.29, 1.82) is 0 Å². The second-order valence-electron chi connectivity index (χ2n) is 6.48. The predicted octanol–water partition coefficient (Wildman–Crippen LogP) is 0.865. The molecule has 1 saturated carbocycles. The molecule has 3 N–H and O–H groups in total. The van der Waals surface area contributed by atoms with E-state index in [0.29, 0.717) is 37.2 Å². The fraction of sp³-hybridized carbons (Fsp3) is 0.588. The molecule has 0 spiro atoms. The van der Waals surface area contributed by atoms with Crippen molar-refractivity contribution in [2.45, 2.75) is 36.6 Å². The lowest BCUT2D eigenvalue weighted by Crippen LogP contribution is -2.42. The number of carbonyl (C=O) groups is 1. The van der Waals surface area contributed by atoms with Gasteiger partial charge < -0.3 is 20.5 Å². The molecule has 1 aliphatic heterocycles. The van der Waals surface area contributed by atoms with Crippen LogP contribution < -0.4 is 20.5 Å². The summed E-state index contributed by atoms with van der Waals surface area (Å²) in [4.78, 5) is 12.2. The number of hydrogen-bond acceptors (Lipinski definition) is 6. The monoisotopic (exact) mass is 368 g/mol. The van der Waals surface area contributed by atoms with Gasteiger partial charge >= 0.3 is 0 Å². The van der Waals surface area contributed by atoms with Gasteiger partial charge in [0.25, 0.3) is 0 Å². The zero-order chi connectivity index (χ0) is 17.9. The van der Waals surface area contributed by atoms with Crippen LogP contribution in [-0.2, 0) is 14.6 Å².